The summed E-state index contributed by atoms with van der Waals surface area (Å²) in [6.45, 7) is 3.03. The predicted molar refractivity (Wildman–Crippen MR) is 218 cm³/mol. The fourth-order valence-electron chi connectivity index (χ4n) is 7.59. The van der Waals surface area contributed by atoms with Crippen LogP contribution in [0.2, 0.25) is 0 Å². The zero-order valence-corrected chi connectivity index (χ0v) is 36.3. The van der Waals surface area contributed by atoms with Crippen LogP contribution in [0.3, 0.4) is 0 Å². The fraction of sp³-hybridized carbons (Fsp3) is 0.341. The van der Waals surface area contributed by atoms with Crippen molar-refractivity contribution in [3.63, 3.8) is 0 Å². The molecule has 26 heteroatoms. The molecule has 1 aliphatic rings. The Labute approximate surface area is 388 Å². The van der Waals surface area contributed by atoms with Crippen LogP contribution >= 0.6 is 0 Å². The van der Waals surface area contributed by atoms with E-state index in [1.807, 2.05) is 0 Å². The lowest BCUT2D eigenvalue weighted by Crippen LogP contribution is -2.53. The summed E-state index contributed by atoms with van der Waals surface area (Å²) in [4.78, 5) is 21.5. The van der Waals surface area contributed by atoms with E-state index in [4.69, 9.17) is 14.8 Å². The molecule has 14 nitrogen and oxygen atoms in total. The molecule has 1 fully saturated rings. The van der Waals surface area contributed by atoms with E-state index in [1.165, 1.54) is 62.4 Å². The normalized spacial score (nSPS) is 13.8. The number of carbonyl (C=O) groups excluding carboxylic acids is 1. The minimum atomic E-state index is -5.01. The minimum absolute atomic E-state index is 0.0398. The number of nitrogens with zero attached hydrogens (tertiary/aromatic N) is 4. The van der Waals surface area contributed by atoms with Crippen LogP contribution in [0.5, 0.6) is 23.0 Å². The molecule has 0 unspecified atom stereocenters. The SMILES string of the molecule is Cc1nc(CC(N)(c2cccc(OC(F)(F)F)c2)c2cccc(OC(F)(F)F)c2)no1.Cc1nc(CC(NC(=O)NC2CCCC2)(c2cccc(OC(F)(F)F)c2)c2cccc(OC(F)(F)F)c2)no1. The van der Waals surface area contributed by atoms with E-state index in [2.05, 4.69) is 49.9 Å². The minimum Gasteiger partial charge on any atom is -0.406 e. The standard InChI is InChI=1S/C25H24F6N4O4.C19H15F6N3O3/c1-15-32-21(35-39-15)14-23(34-22(36)33-18-8-2-3-9-18,16-6-4-10-19(12-16)37-24(26,27)28)17-7-5-11-20(13-17)38-25(29,30)31;1-11-27-16(28-31-11)10-17(26,12-4-2-6-14(8-12)29-18(20,21)22)13-5-3-7-15(9-13)30-19(23,24)25/h4-7,10-13,18H,2-3,8-9,14H2,1H3,(H2,33,34,36);2-9H,10,26H2,1H3. The number of nitrogens with two attached hydrogens (primary N) is 1. The first-order valence-electron chi connectivity index (χ1n) is 20.6. The molecule has 6 aromatic rings. The number of urea groups is 1. The summed E-state index contributed by atoms with van der Waals surface area (Å²) in [6, 6.07) is 18.3. The molecule has 0 radical (unpaired) electrons. The Hall–Kier alpha value is -7.25. The molecule has 2 amide bonds. The topological polar surface area (TPSA) is 182 Å². The van der Waals surface area contributed by atoms with E-state index in [0.29, 0.717) is 0 Å². The number of nitrogens with one attached hydrogen (secondary N) is 2. The van der Waals surface area contributed by atoms with Gasteiger partial charge in [0.25, 0.3) is 0 Å². The number of carbonyl (C=O) groups is 1. The maximum atomic E-state index is 13.3. The van der Waals surface area contributed by atoms with Gasteiger partial charge in [0.1, 0.15) is 23.0 Å². The van der Waals surface area contributed by atoms with E-state index in [9.17, 15) is 57.5 Å². The number of aryl methyl sites for hydroxylation is 2. The molecule has 0 aliphatic heterocycles. The summed E-state index contributed by atoms with van der Waals surface area (Å²) in [5.41, 5.74) is 3.45. The predicted octanol–water partition coefficient (Wildman–Crippen LogP) is 10.5. The maximum Gasteiger partial charge on any atom is 0.573 e. The average Bonchev–Trinajstić information content (AvgIpc) is 4.01. The van der Waals surface area contributed by atoms with Gasteiger partial charge in [-0.3, -0.25) is 0 Å². The van der Waals surface area contributed by atoms with E-state index >= 15 is 0 Å². The lowest BCUT2D eigenvalue weighted by molar-refractivity contribution is -0.275. The van der Waals surface area contributed by atoms with Crippen LogP contribution in [0.25, 0.3) is 0 Å². The van der Waals surface area contributed by atoms with Crippen molar-refractivity contribution >= 4 is 6.03 Å². The average molecular weight is 1010 g/mol. The first-order valence-corrected chi connectivity index (χ1v) is 20.6. The van der Waals surface area contributed by atoms with E-state index in [0.717, 1.165) is 74.2 Å². The first-order chi connectivity index (χ1) is 32.7. The van der Waals surface area contributed by atoms with Crippen LogP contribution in [0.1, 0.15) is 71.4 Å². The van der Waals surface area contributed by atoms with Gasteiger partial charge in [-0.2, -0.15) is 9.97 Å². The zero-order chi connectivity index (χ0) is 51.1. The van der Waals surface area contributed by atoms with Crippen molar-refractivity contribution in [2.24, 2.45) is 5.73 Å². The van der Waals surface area contributed by atoms with E-state index < -0.39 is 65.6 Å². The molecule has 1 aliphatic carbocycles. The number of aromatic nitrogens is 4. The van der Waals surface area contributed by atoms with Crippen molar-refractivity contribution < 1.29 is 85.5 Å². The van der Waals surface area contributed by atoms with Crippen LogP contribution < -0.4 is 35.3 Å². The number of benzene rings is 4. The molecule has 70 heavy (non-hydrogen) atoms. The molecule has 0 spiro atoms. The zero-order valence-electron chi connectivity index (χ0n) is 36.3. The highest BCUT2D eigenvalue weighted by Crippen LogP contribution is 2.39. The second-order valence-corrected chi connectivity index (χ2v) is 15.6. The van der Waals surface area contributed by atoms with Crippen molar-refractivity contribution in [1.29, 1.82) is 0 Å². The molecule has 0 bridgehead atoms. The van der Waals surface area contributed by atoms with Crippen molar-refractivity contribution in [2.75, 3.05) is 0 Å². The Morgan fingerprint density at radius 1 is 0.571 bits per heavy atom. The van der Waals surface area contributed by atoms with E-state index in [1.54, 1.807) is 0 Å². The van der Waals surface area contributed by atoms with Gasteiger partial charge < -0.3 is 44.4 Å². The maximum absolute atomic E-state index is 13.3. The van der Waals surface area contributed by atoms with Crippen LogP contribution in [-0.2, 0) is 23.9 Å². The van der Waals surface area contributed by atoms with Crippen molar-refractivity contribution in [1.82, 2.24) is 30.9 Å². The van der Waals surface area contributed by atoms with Gasteiger partial charge in [-0.15, -0.1) is 52.7 Å². The van der Waals surface area contributed by atoms with Gasteiger partial charge in [0.05, 0.1) is 11.1 Å². The second kappa shape index (κ2) is 20.8. The fourth-order valence-corrected chi connectivity index (χ4v) is 7.59. The lowest BCUT2D eigenvalue weighted by atomic mass is 9.79. The Balaban J connectivity index is 0.000000236. The number of amides is 2. The molecule has 2 aromatic heterocycles. The number of halogens is 12. The van der Waals surface area contributed by atoms with Gasteiger partial charge in [0.15, 0.2) is 11.6 Å². The third kappa shape index (κ3) is 14.9. The number of ether oxygens (including phenoxy) is 4. The largest absolute Gasteiger partial charge is 0.573 e. The van der Waals surface area contributed by atoms with Crippen LogP contribution in [0.15, 0.2) is 106 Å². The Morgan fingerprint density at radius 3 is 1.26 bits per heavy atom. The molecule has 376 valence electrons. The molecule has 0 saturated heterocycles. The molecular weight excluding hydrogens is 967 g/mol. The molecule has 4 aromatic carbocycles. The van der Waals surface area contributed by atoms with Crippen LogP contribution in [-0.4, -0.2) is 57.8 Å². The Kier molecular flexibility index (Phi) is 15.5. The highest BCUT2D eigenvalue weighted by Gasteiger charge is 2.42. The first kappa shape index (κ1) is 52.1. The van der Waals surface area contributed by atoms with Gasteiger partial charge in [0.2, 0.25) is 11.8 Å². The van der Waals surface area contributed by atoms with Gasteiger partial charge in [0, 0.05) is 32.7 Å². The number of hydrogen-bond acceptors (Lipinski definition) is 12. The Bertz CT molecular complexity index is 2580. The molecule has 2 heterocycles. The summed E-state index contributed by atoms with van der Waals surface area (Å²) >= 11 is 0. The monoisotopic (exact) mass is 1010 g/mol. The van der Waals surface area contributed by atoms with Crippen LogP contribution in [0.4, 0.5) is 57.5 Å². The molecular formula is C44H39F12N7O7. The van der Waals surface area contributed by atoms with Gasteiger partial charge in [-0.05, 0) is 83.6 Å². The third-order valence-electron chi connectivity index (χ3n) is 10.3. The number of hydrogen-bond donors (Lipinski definition) is 3. The van der Waals surface area contributed by atoms with Crippen LogP contribution in [0, 0.1) is 13.8 Å². The Morgan fingerprint density at radius 2 is 0.914 bits per heavy atom. The number of rotatable bonds is 14. The van der Waals surface area contributed by atoms with Crippen molar-refractivity contribution in [3.8, 4) is 23.0 Å². The lowest BCUT2D eigenvalue weighted by Gasteiger charge is -2.36. The third-order valence-corrected chi connectivity index (χ3v) is 10.3. The summed E-state index contributed by atoms with van der Waals surface area (Å²) in [6.07, 6.45) is -17.1. The van der Waals surface area contributed by atoms with Gasteiger partial charge in [-0.1, -0.05) is 71.7 Å². The van der Waals surface area contributed by atoms with E-state index in [-0.39, 0.29) is 64.6 Å². The number of alkyl halides is 12. The molecule has 0 atom stereocenters. The smallest absolute Gasteiger partial charge is 0.406 e. The quantitative estimate of drug-likeness (QED) is 0.0880. The second-order valence-electron chi connectivity index (χ2n) is 15.6. The summed E-state index contributed by atoms with van der Waals surface area (Å²) in [7, 11) is 0. The van der Waals surface area contributed by atoms with Crippen molar-refractivity contribution in [2.45, 2.75) is 94.9 Å². The summed E-state index contributed by atoms with van der Waals surface area (Å²) < 4.78 is 180. The molecule has 4 N–H and O–H groups in total. The molecule has 7 rings (SSSR count). The highest BCUT2D eigenvalue weighted by atomic mass is 19.4. The molecule has 1 saturated carbocycles. The summed E-state index contributed by atoms with van der Waals surface area (Å²) in [5, 5.41) is 13.2. The summed E-state index contributed by atoms with van der Waals surface area (Å²) in [5.74, 6) is -1.79. The van der Waals surface area contributed by atoms with Crippen molar-refractivity contribution in [3.05, 3.63) is 143 Å². The highest BCUT2D eigenvalue weighted by molar-refractivity contribution is 5.76. The van der Waals surface area contributed by atoms with Gasteiger partial charge in [-0.25, -0.2) is 4.79 Å². The van der Waals surface area contributed by atoms with Gasteiger partial charge >= 0.3 is 31.5 Å².